The summed E-state index contributed by atoms with van der Waals surface area (Å²) in [7, 11) is 1.31. The number of benzene rings is 1. The summed E-state index contributed by atoms with van der Waals surface area (Å²) >= 11 is 0. The molecule has 0 saturated carbocycles. The van der Waals surface area contributed by atoms with Gasteiger partial charge < -0.3 is 25.3 Å². The van der Waals surface area contributed by atoms with Crippen LogP contribution in [0.15, 0.2) is 6.07 Å². The van der Waals surface area contributed by atoms with Crippen molar-refractivity contribution in [3.05, 3.63) is 11.6 Å². The zero-order chi connectivity index (χ0) is 15.1. The number of nitrogens with two attached hydrogens (primary N) is 1. The van der Waals surface area contributed by atoms with Gasteiger partial charge in [0.2, 0.25) is 0 Å². The van der Waals surface area contributed by atoms with E-state index in [4.69, 9.17) is 19.9 Å². The third-order valence-electron chi connectivity index (χ3n) is 2.60. The van der Waals surface area contributed by atoms with E-state index in [2.05, 4.69) is 5.32 Å². The van der Waals surface area contributed by atoms with Crippen LogP contribution in [0.1, 0.15) is 31.1 Å². The van der Waals surface area contributed by atoms with Gasteiger partial charge in [-0.15, -0.1) is 0 Å². The molecule has 1 aliphatic rings. The van der Waals surface area contributed by atoms with Gasteiger partial charge in [-0.3, -0.25) is 0 Å². The lowest BCUT2D eigenvalue weighted by atomic mass is 10.1. The van der Waals surface area contributed by atoms with Crippen molar-refractivity contribution in [1.82, 2.24) is 0 Å². The van der Waals surface area contributed by atoms with Gasteiger partial charge in [-0.1, -0.05) is 13.8 Å². The van der Waals surface area contributed by atoms with Crippen LogP contribution >= 0.6 is 0 Å². The minimum atomic E-state index is -0.494. The van der Waals surface area contributed by atoms with Crippen LogP contribution in [0, 0.1) is 0 Å². The van der Waals surface area contributed by atoms with Crippen molar-refractivity contribution < 1.29 is 19.0 Å². The first-order chi connectivity index (χ1) is 9.69. The minimum Gasteiger partial charge on any atom is -0.485 e. The molecule has 3 N–H and O–H groups in total. The largest absolute Gasteiger partial charge is 0.485 e. The highest BCUT2D eigenvalue weighted by atomic mass is 16.6. The first-order valence-corrected chi connectivity index (χ1v) is 6.73. The van der Waals surface area contributed by atoms with Crippen molar-refractivity contribution >= 4 is 17.3 Å². The van der Waals surface area contributed by atoms with E-state index in [1.165, 1.54) is 13.2 Å². The predicted molar refractivity (Wildman–Crippen MR) is 78.7 cm³/mol. The van der Waals surface area contributed by atoms with Gasteiger partial charge in [0.25, 0.3) is 0 Å². The molecule has 1 aromatic rings. The van der Waals surface area contributed by atoms with E-state index in [1.807, 2.05) is 20.8 Å². The predicted octanol–water partition coefficient (Wildman–Crippen LogP) is 2.28. The lowest BCUT2D eigenvalue weighted by Gasteiger charge is -2.24. The van der Waals surface area contributed by atoms with Gasteiger partial charge >= 0.3 is 5.97 Å². The molecule has 1 aliphatic heterocycles. The van der Waals surface area contributed by atoms with E-state index < -0.39 is 5.97 Å². The molecule has 0 atom stereocenters. The van der Waals surface area contributed by atoms with Crippen LogP contribution < -0.4 is 20.5 Å². The Morgan fingerprint density at radius 1 is 1.35 bits per heavy atom. The fourth-order valence-electron chi connectivity index (χ4n) is 1.85. The summed E-state index contributed by atoms with van der Waals surface area (Å²) in [4.78, 5) is 11.7. The molecule has 0 aromatic heterocycles. The van der Waals surface area contributed by atoms with Gasteiger partial charge in [0, 0.05) is 6.54 Å². The normalized spacial score (nSPS) is 12.0. The van der Waals surface area contributed by atoms with Crippen LogP contribution in [0.5, 0.6) is 11.5 Å². The number of hydrogen-bond acceptors (Lipinski definition) is 6. The molecule has 0 aliphatic carbocycles. The molecule has 112 valence electrons. The topological polar surface area (TPSA) is 82.8 Å². The highest BCUT2D eigenvalue weighted by Gasteiger charge is 2.26. The molecule has 0 saturated heterocycles. The van der Waals surface area contributed by atoms with Crippen LogP contribution in [-0.4, -0.2) is 32.8 Å². The smallest absolute Gasteiger partial charge is 0.341 e. The summed E-state index contributed by atoms with van der Waals surface area (Å²) in [6.07, 6.45) is 0. The third-order valence-corrected chi connectivity index (χ3v) is 2.60. The molecule has 6 heteroatoms. The molecule has 0 unspecified atom stereocenters. The molecule has 1 aromatic carbocycles. The number of hydrogen-bond donors (Lipinski definition) is 2. The van der Waals surface area contributed by atoms with Crippen molar-refractivity contribution in [3.63, 3.8) is 0 Å². The quantitative estimate of drug-likeness (QED) is 0.653. The Morgan fingerprint density at radius 3 is 2.50 bits per heavy atom. The Balaban J connectivity index is 0.000000956. The van der Waals surface area contributed by atoms with Gasteiger partial charge in [-0.05, 0) is 13.0 Å². The standard InChI is InChI=1S/C12H16N2O4.C2H6/c1-3-14-9-8(13)6-7(12(15)16-2)10-11(9)18-5-4-17-10;1-2/h6,14H,3-5,13H2,1-2H3;1-2H3. The summed E-state index contributed by atoms with van der Waals surface area (Å²) in [6.45, 7) is 7.46. The number of carbonyl (C=O) groups is 1. The average molecular weight is 282 g/mol. The third kappa shape index (κ3) is 3.07. The summed E-state index contributed by atoms with van der Waals surface area (Å²) in [6, 6.07) is 1.54. The minimum absolute atomic E-state index is 0.284. The van der Waals surface area contributed by atoms with Crippen LogP contribution in [0.2, 0.25) is 0 Å². The van der Waals surface area contributed by atoms with Gasteiger partial charge in [0.15, 0.2) is 11.5 Å². The first-order valence-electron chi connectivity index (χ1n) is 6.73. The molecule has 0 fully saturated rings. The monoisotopic (exact) mass is 282 g/mol. The number of rotatable bonds is 3. The van der Waals surface area contributed by atoms with Gasteiger partial charge in [0.1, 0.15) is 24.5 Å². The highest BCUT2D eigenvalue weighted by molar-refractivity contribution is 5.98. The summed E-state index contributed by atoms with van der Waals surface area (Å²) in [5.41, 5.74) is 7.29. The van der Waals surface area contributed by atoms with Crippen LogP contribution in [0.4, 0.5) is 11.4 Å². The Hall–Kier alpha value is -2.11. The number of nitrogens with one attached hydrogen (secondary N) is 1. The highest BCUT2D eigenvalue weighted by Crippen LogP contribution is 2.44. The number of methoxy groups -OCH3 is 1. The number of esters is 1. The molecule has 1 heterocycles. The fraction of sp³-hybridized carbons (Fsp3) is 0.500. The summed E-state index contributed by atoms with van der Waals surface area (Å²) in [5.74, 6) is 0.369. The number of anilines is 2. The maximum Gasteiger partial charge on any atom is 0.341 e. The van der Waals surface area contributed by atoms with Crippen molar-refractivity contribution in [2.75, 3.05) is 37.9 Å². The fourth-order valence-corrected chi connectivity index (χ4v) is 1.85. The Kier molecular flexibility index (Phi) is 5.96. The van der Waals surface area contributed by atoms with E-state index in [0.717, 1.165) is 0 Å². The lowest BCUT2D eigenvalue weighted by Crippen LogP contribution is -2.20. The molecule has 0 radical (unpaired) electrons. The second-order valence-electron chi connectivity index (χ2n) is 3.77. The molecule has 0 amide bonds. The van der Waals surface area contributed by atoms with Crippen molar-refractivity contribution in [1.29, 1.82) is 0 Å². The molecule has 2 rings (SSSR count). The van der Waals surface area contributed by atoms with Crippen molar-refractivity contribution in [2.24, 2.45) is 0 Å². The first kappa shape index (κ1) is 15.9. The van der Waals surface area contributed by atoms with Crippen LogP contribution in [-0.2, 0) is 4.74 Å². The van der Waals surface area contributed by atoms with E-state index in [9.17, 15) is 4.79 Å². The van der Waals surface area contributed by atoms with Gasteiger partial charge in [0.05, 0.1) is 12.8 Å². The lowest BCUT2D eigenvalue weighted by molar-refractivity contribution is 0.0590. The Morgan fingerprint density at radius 2 is 1.95 bits per heavy atom. The average Bonchev–Trinajstić information content (AvgIpc) is 2.51. The van der Waals surface area contributed by atoms with Crippen molar-refractivity contribution in [2.45, 2.75) is 20.8 Å². The number of carbonyl (C=O) groups excluding carboxylic acids is 1. The number of nitrogen functional groups attached to an aromatic ring is 1. The van der Waals surface area contributed by atoms with Crippen molar-refractivity contribution in [3.8, 4) is 11.5 Å². The van der Waals surface area contributed by atoms with E-state index in [0.29, 0.717) is 42.6 Å². The Bertz CT molecular complexity index is 475. The maximum atomic E-state index is 11.7. The zero-order valence-corrected chi connectivity index (χ0v) is 12.4. The summed E-state index contributed by atoms with van der Waals surface area (Å²) < 4.78 is 15.8. The van der Waals surface area contributed by atoms with Gasteiger partial charge in [-0.25, -0.2) is 4.79 Å². The molecule has 20 heavy (non-hydrogen) atoms. The second-order valence-corrected chi connectivity index (χ2v) is 3.77. The molecule has 0 bridgehead atoms. The van der Waals surface area contributed by atoms with E-state index in [-0.39, 0.29) is 5.56 Å². The maximum absolute atomic E-state index is 11.7. The van der Waals surface area contributed by atoms with Crippen LogP contribution in [0.3, 0.4) is 0 Å². The second kappa shape index (κ2) is 7.47. The van der Waals surface area contributed by atoms with E-state index in [1.54, 1.807) is 0 Å². The summed E-state index contributed by atoms with van der Waals surface area (Å²) in [5, 5.41) is 3.11. The Labute approximate surface area is 119 Å². The zero-order valence-electron chi connectivity index (χ0n) is 12.4. The van der Waals surface area contributed by atoms with Gasteiger partial charge in [-0.2, -0.15) is 0 Å². The molecular formula is C14H22N2O4. The molecular weight excluding hydrogens is 260 g/mol. The molecule has 6 nitrogen and oxygen atoms in total. The van der Waals surface area contributed by atoms with E-state index >= 15 is 0 Å². The van der Waals surface area contributed by atoms with Crippen LogP contribution in [0.25, 0.3) is 0 Å². The SMILES string of the molecule is CC.CCNc1c(N)cc(C(=O)OC)c2c1OCCO2. The molecule has 0 spiro atoms. The number of fused-ring (bicyclic) bond motifs is 1. The number of ether oxygens (including phenoxy) is 3.